The molecule has 0 saturated heterocycles. The molecule has 1 atom stereocenters. The first kappa shape index (κ1) is 25.4. The fourth-order valence-corrected chi connectivity index (χ4v) is 5.03. The van der Waals surface area contributed by atoms with Crippen LogP contribution in [0.5, 0.6) is 11.5 Å². The van der Waals surface area contributed by atoms with Gasteiger partial charge in [0.2, 0.25) is 0 Å². The fourth-order valence-electron chi connectivity index (χ4n) is 4.85. The van der Waals surface area contributed by atoms with E-state index in [9.17, 15) is 14.7 Å². The van der Waals surface area contributed by atoms with Crippen LogP contribution in [0.15, 0.2) is 97.1 Å². The summed E-state index contributed by atoms with van der Waals surface area (Å²) >= 11 is 6.37. The van der Waals surface area contributed by atoms with Crippen molar-refractivity contribution in [2.75, 3.05) is 19.8 Å². The molecule has 0 spiro atoms. The van der Waals surface area contributed by atoms with Crippen molar-refractivity contribution >= 4 is 23.5 Å². The molecule has 1 unspecified atom stereocenters. The van der Waals surface area contributed by atoms with E-state index in [0.29, 0.717) is 35.1 Å². The molecule has 0 aromatic heterocycles. The molecule has 7 heteroatoms. The van der Waals surface area contributed by atoms with Crippen molar-refractivity contribution in [2.24, 2.45) is 0 Å². The third-order valence-corrected chi connectivity index (χ3v) is 6.78. The van der Waals surface area contributed by atoms with Gasteiger partial charge >= 0.3 is 5.97 Å². The summed E-state index contributed by atoms with van der Waals surface area (Å²) in [5, 5.41) is 9.64. The molecule has 1 heterocycles. The first-order valence-electron chi connectivity index (χ1n) is 12.3. The van der Waals surface area contributed by atoms with Gasteiger partial charge in [-0.2, -0.15) is 0 Å². The maximum Gasteiger partial charge on any atom is 0.341 e. The highest BCUT2D eigenvalue weighted by molar-refractivity contribution is 6.30. The Balaban J connectivity index is 1.46. The number of fused-ring (bicyclic) bond motifs is 1. The van der Waals surface area contributed by atoms with Gasteiger partial charge in [0.1, 0.15) is 11.5 Å². The summed E-state index contributed by atoms with van der Waals surface area (Å²) in [6, 6.07) is 29.9. The lowest BCUT2D eigenvalue weighted by Crippen LogP contribution is -2.43. The Labute approximate surface area is 226 Å². The van der Waals surface area contributed by atoms with Gasteiger partial charge in [-0.3, -0.25) is 4.79 Å². The van der Waals surface area contributed by atoms with E-state index < -0.39 is 18.6 Å². The lowest BCUT2D eigenvalue weighted by atomic mass is 9.87. The maximum atomic E-state index is 13.7. The SMILES string of the molecule is O=C(O)COc1ccc(Cl)cc1C1c2ccccc2CCN1C(=O)COc1ccccc1-c1ccccc1. The Kier molecular flexibility index (Phi) is 7.61. The molecule has 1 N–H and O–H groups in total. The van der Waals surface area contributed by atoms with Crippen LogP contribution >= 0.6 is 11.6 Å². The van der Waals surface area contributed by atoms with Crippen LogP contribution in [0.3, 0.4) is 0 Å². The zero-order chi connectivity index (χ0) is 26.5. The average molecular weight is 528 g/mol. The number of rotatable bonds is 8. The molecule has 192 valence electrons. The summed E-state index contributed by atoms with van der Waals surface area (Å²) in [4.78, 5) is 26.7. The highest BCUT2D eigenvalue weighted by Gasteiger charge is 2.34. The molecule has 4 aromatic rings. The van der Waals surface area contributed by atoms with Gasteiger partial charge in [0.15, 0.2) is 13.2 Å². The minimum atomic E-state index is -1.09. The van der Waals surface area contributed by atoms with Crippen molar-refractivity contribution in [3.8, 4) is 22.6 Å². The predicted molar refractivity (Wildman–Crippen MR) is 146 cm³/mol. The van der Waals surface area contributed by atoms with E-state index in [-0.39, 0.29) is 12.5 Å². The number of carbonyl (C=O) groups is 2. The number of para-hydroxylation sites is 1. The molecule has 1 amide bonds. The van der Waals surface area contributed by atoms with Gasteiger partial charge in [0.25, 0.3) is 5.91 Å². The number of hydrogen-bond acceptors (Lipinski definition) is 4. The Morgan fingerprint density at radius 3 is 2.34 bits per heavy atom. The number of ether oxygens (including phenoxy) is 2. The number of carboxylic acid groups (broad SMARTS) is 1. The second kappa shape index (κ2) is 11.4. The molecule has 38 heavy (non-hydrogen) atoms. The molecule has 0 radical (unpaired) electrons. The molecule has 5 rings (SSSR count). The van der Waals surface area contributed by atoms with E-state index in [1.54, 1.807) is 23.1 Å². The van der Waals surface area contributed by atoms with Crippen molar-refractivity contribution in [1.82, 2.24) is 4.90 Å². The largest absolute Gasteiger partial charge is 0.483 e. The summed E-state index contributed by atoms with van der Waals surface area (Å²) in [7, 11) is 0. The van der Waals surface area contributed by atoms with Crippen molar-refractivity contribution in [1.29, 1.82) is 0 Å². The average Bonchev–Trinajstić information content (AvgIpc) is 2.95. The predicted octanol–water partition coefficient (Wildman–Crippen LogP) is 6.02. The minimum absolute atomic E-state index is 0.158. The lowest BCUT2D eigenvalue weighted by molar-refractivity contribution is -0.139. The van der Waals surface area contributed by atoms with Crippen molar-refractivity contribution in [2.45, 2.75) is 12.5 Å². The zero-order valence-corrected chi connectivity index (χ0v) is 21.3. The van der Waals surface area contributed by atoms with E-state index in [1.807, 2.05) is 78.9 Å². The number of hydrogen-bond donors (Lipinski definition) is 1. The van der Waals surface area contributed by atoms with E-state index in [2.05, 4.69) is 0 Å². The van der Waals surface area contributed by atoms with Gasteiger partial charge in [-0.15, -0.1) is 0 Å². The van der Waals surface area contributed by atoms with Crippen molar-refractivity contribution < 1.29 is 24.2 Å². The molecule has 0 saturated carbocycles. The van der Waals surface area contributed by atoms with Gasteiger partial charge < -0.3 is 19.5 Å². The zero-order valence-electron chi connectivity index (χ0n) is 20.5. The number of carbonyl (C=O) groups excluding carboxylic acids is 1. The number of amides is 1. The molecule has 1 aliphatic rings. The van der Waals surface area contributed by atoms with Crippen LogP contribution < -0.4 is 9.47 Å². The van der Waals surface area contributed by atoms with Crippen LogP contribution in [-0.2, 0) is 16.0 Å². The second-order valence-corrected chi connectivity index (χ2v) is 9.39. The minimum Gasteiger partial charge on any atom is -0.483 e. The maximum absolute atomic E-state index is 13.7. The molecular weight excluding hydrogens is 502 g/mol. The van der Waals surface area contributed by atoms with Gasteiger partial charge in [0.05, 0.1) is 6.04 Å². The lowest BCUT2D eigenvalue weighted by Gasteiger charge is -2.38. The third-order valence-electron chi connectivity index (χ3n) is 6.54. The summed E-state index contributed by atoms with van der Waals surface area (Å²) in [6.45, 7) is -0.195. The van der Waals surface area contributed by atoms with Crippen LogP contribution in [0, 0.1) is 0 Å². The van der Waals surface area contributed by atoms with E-state index in [0.717, 1.165) is 22.3 Å². The van der Waals surface area contributed by atoms with Crippen molar-refractivity contribution in [3.05, 3.63) is 119 Å². The van der Waals surface area contributed by atoms with E-state index >= 15 is 0 Å². The first-order valence-corrected chi connectivity index (χ1v) is 12.7. The second-order valence-electron chi connectivity index (χ2n) is 8.95. The van der Waals surface area contributed by atoms with E-state index in [1.165, 1.54) is 0 Å². The molecule has 6 nitrogen and oxygen atoms in total. The topological polar surface area (TPSA) is 76.1 Å². The number of nitrogens with zero attached hydrogens (tertiary/aromatic N) is 1. The number of benzene rings is 4. The smallest absolute Gasteiger partial charge is 0.341 e. The molecule has 0 bridgehead atoms. The van der Waals surface area contributed by atoms with Crippen LogP contribution in [0.2, 0.25) is 5.02 Å². The van der Waals surface area contributed by atoms with E-state index in [4.69, 9.17) is 21.1 Å². The number of aliphatic carboxylic acids is 1. The monoisotopic (exact) mass is 527 g/mol. The van der Waals surface area contributed by atoms with Crippen LogP contribution in [0.25, 0.3) is 11.1 Å². The van der Waals surface area contributed by atoms with Crippen LogP contribution in [0.4, 0.5) is 0 Å². The molecule has 0 fully saturated rings. The Morgan fingerprint density at radius 1 is 0.816 bits per heavy atom. The molecule has 4 aromatic carbocycles. The number of carboxylic acids is 1. The first-order chi connectivity index (χ1) is 18.5. The summed E-state index contributed by atoms with van der Waals surface area (Å²) in [5.41, 5.74) is 4.59. The fraction of sp³-hybridized carbons (Fsp3) is 0.161. The Morgan fingerprint density at radius 2 is 1.53 bits per heavy atom. The van der Waals surface area contributed by atoms with Gasteiger partial charge in [-0.25, -0.2) is 4.79 Å². The van der Waals surface area contributed by atoms with Gasteiger partial charge in [-0.05, 0) is 47.4 Å². The molecule has 1 aliphatic heterocycles. The quantitative estimate of drug-likeness (QED) is 0.303. The summed E-state index contributed by atoms with van der Waals surface area (Å²) in [5.74, 6) is -0.300. The van der Waals surface area contributed by atoms with Gasteiger partial charge in [-0.1, -0.05) is 84.4 Å². The number of halogens is 1. The normalized spacial score (nSPS) is 14.4. The van der Waals surface area contributed by atoms with Crippen LogP contribution in [0.1, 0.15) is 22.7 Å². The Bertz CT molecular complexity index is 1460. The van der Waals surface area contributed by atoms with Gasteiger partial charge in [0, 0.05) is 22.7 Å². The van der Waals surface area contributed by atoms with Crippen LogP contribution in [-0.4, -0.2) is 41.6 Å². The summed E-state index contributed by atoms with van der Waals surface area (Å²) in [6.07, 6.45) is 0.685. The standard InChI is InChI=1S/C31H26ClNO5/c32-23-14-15-28(38-20-30(35)36)26(18-23)31-25-12-5-4-10-22(25)16-17-33(31)29(34)19-37-27-13-7-6-11-24(27)21-8-2-1-3-9-21/h1-15,18,31H,16-17,19-20H2,(H,35,36). The molecule has 0 aliphatic carbocycles. The Hall–Kier alpha value is -4.29. The van der Waals surface area contributed by atoms with Crippen molar-refractivity contribution in [3.63, 3.8) is 0 Å². The summed E-state index contributed by atoms with van der Waals surface area (Å²) < 4.78 is 11.7. The highest BCUT2D eigenvalue weighted by Crippen LogP contribution is 2.40. The third kappa shape index (κ3) is 5.50. The molecular formula is C31H26ClNO5. The highest BCUT2D eigenvalue weighted by atomic mass is 35.5.